The summed E-state index contributed by atoms with van der Waals surface area (Å²) < 4.78 is 15.7. The van der Waals surface area contributed by atoms with Gasteiger partial charge in [-0.1, -0.05) is 35.9 Å². The lowest BCUT2D eigenvalue weighted by Gasteiger charge is -2.16. The third kappa shape index (κ3) is 3.74. The van der Waals surface area contributed by atoms with Crippen molar-refractivity contribution in [2.75, 3.05) is 14.2 Å². The highest BCUT2D eigenvalue weighted by molar-refractivity contribution is 6.02. The maximum Gasteiger partial charge on any atom is 0.346 e. The maximum atomic E-state index is 12.5. The molecule has 1 atom stereocenters. The lowest BCUT2D eigenvalue weighted by molar-refractivity contribution is 0.0313. The number of carbonyl (C=O) groups excluding carboxylic acids is 2. The summed E-state index contributed by atoms with van der Waals surface area (Å²) in [6.07, 6.45) is -0.921. The van der Waals surface area contributed by atoms with Crippen molar-refractivity contribution in [2.24, 2.45) is 0 Å². The molecular formula is C19H20O5. The monoisotopic (exact) mass is 328 g/mol. The highest BCUT2D eigenvalue weighted by atomic mass is 16.6. The molecule has 2 rings (SSSR count). The Balaban J connectivity index is 2.20. The molecule has 0 spiro atoms. The molecule has 24 heavy (non-hydrogen) atoms. The molecule has 0 radical (unpaired) electrons. The lowest BCUT2D eigenvalue weighted by atomic mass is 10.1. The molecule has 0 aliphatic heterocycles. The first-order valence-electron chi connectivity index (χ1n) is 7.50. The molecular weight excluding hydrogens is 308 g/mol. The Hall–Kier alpha value is -2.82. The molecule has 0 unspecified atom stereocenters. The van der Waals surface area contributed by atoms with E-state index in [-0.39, 0.29) is 11.3 Å². The Labute approximate surface area is 141 Å². The quantitative estimate of drug-likeness (QED) is 0.600. The number of carbonyl (C=O) groups is 2. The number of hydrogen-bond acceptors (Lipinski definition) is 5. The van der Waals surface area contributed by atoms with Crippen molar-refractivity contribution in [1.29, 1.82) is 0 Å². The van der Waals surface area contributed by atoms with Gasteiger partial charge in [0.2, 0.25) is 5.78 Å². The summed E-state index contributed by atoms with van der Waals surface area (Å²) in [5.41, 5.74) is 1.70. The van der Waals surface area contributed by atoms with Gasteiger partial charge in [0, 0.05) is 5.56 Å². The first-order chi connectivity index (χ1) is 11.5. The van der Waals surface area contributed by atoms with Crippen LogP contribution in [0.3, 0.4) is 0 Å². The van der Waals surface area contributed by atoms with Crippen molar-refractivity contribution in [3.8, 4) is 11.5 Å². The summed E-state index contributed by atoms with van der Waals surface area (Å²) >= 11 is 0. The highest BCUT2D eigenvalue weighted by Crippen LogP contribution is 2.29. The summed E-state index contributed by atoms with van der Waals surface area (Å²) in [5, 5.41) is 0. The SMILES string of the molecule is COc1cccc(OC)c1C(=O)O[C@@H](C)C(=O)c1ccc(C)cc1. The zero-order valence-corrected chi connectivity index (χ0v) is 14.2. The van der Waals surface area contributed by atoms with E-state index in [1.165, 1.54) is 14.2 Å². The van der Waals surface area contributed by atoms with E-state index in [2.05, 4.69) is 0 Å². The van der Waals surface area contributed by atoms with Gasteiger partial charge in [-0.05, 0) is 26.0 Å². The minimum Gasteiger partial charge on any atom is -0.496 e. The van der Waals surface area contributed by atoms with E-state index >= 15 is 0 Å². The molecule has 126 valence electrons. The average molecular weight is 328 g/mol. The van der Waals surface area contributed by atoms with Gasteiger partial charge in [0.1, 0.15) is 17.1 Å². The third-order valence-electron chi connectivity index (χ3n) is 3.62. The largest absolute Gasteiger partial charge is 0.496 e. The fraction of sp³-hybridized carbons (Fsp3) is 0.263. The van der Waals surface area contributed by atoms with Crippen molar-refractivity contribution in [1.82, 2.24) is 0 Å². The van der Waals surface area contributed by atoms with Gasteiger partial charge in [-0.15, -0.1) is 0 Å². The van der Waals surface area contributed by atoms with Crippen molar-refractivity contribution in [3.63, 3.8) is 0 Å². The minimum absolute atomic E-state index is 0.158. The molecule has 0 saturated heterocycles. The van der Waals surface area contributed by atoms with E-state index in [4.69, 9.17) is 14.2 Å². The maximum absolute atomic E-state index is 12.5. The van der Waals surface area contributed by atoms with Gasteiger partial charge in [0.15, 0.2) is 6.10 Å². The summed E-state index contributed by atoms with van der Waals surface area (Å²) in [4.78, 5) is 24.9. The molecule has 0 N–H and O–H groups in total. The van der Waals surface area contributed by atoms with Crippen LogP contribution < -0.4 is 9.47 Å². The molecule has 0 aromatic heterocycles. The van der Waals surface area contributed by atoms with Gasteiger partial charge >= 0.3 is 5.97 Å². The van der Waals surface area contributed by atoms with E-state index in [0.29, 0.717) is 17.1 Å². The Morgan fingerprint density at radius 3 is 1.96 bits per heavy atom. The van der Waals surface area contributed by atoms with E-state index in [1.54, 1.807) is 37.3 Å². The van der Waals surface area contributed by atoms with Crippen LogP contribution in [0.25, 0.3) is 0 Å². The van der Waals surface area contributed by atoms with E-state index in [1.807, 2.05) is 19.1 Å². The normalized spacial score (nSPS) is 11.5. The van der Waals surface area contributed by atoms with Crippen molar-refractivity contribution in [2.45, 2.75) is 20.0 Å². The van der Waals surface area contributed by atoms with E-state index in [0.717, 1.165) is 5.56 Å². The highest BCUT2D eigenvalue weighted by Gasteiger charge is 2.25. The van der Waals surface area contributed by atoms with Gasteiger partial charge in [0.05, 0.1) is 14.2 Å². The molecule has 5 nitrogen and oxygen atoms in total. The topological polar surface area (TPSA) is 61.8 Å². The van der Waals surface area contributed by atoms with Crippen LogP contribution in [0, 0.1) is 6.92 Å². The number of Topliss-reactive ketones (excluding diaryl/α,β-unsaturated/α-hetero) is 1. The van der Waals surface area contributed by atoms with Crippen LogP contribution in [0.4, 0.5) is 0 Å². The summed E-state index contributed by atoms with van der Waals surface area (Å²) in [6.45, 7) is 3.48. The predicted molar refractivity (Wildman–Crippen MR) is 89.9 cm³/mol. The smallest absolute Gasteiger partial charge is 0.346 e. The Kier molecular flexibility index (Phi) is 5.58. The first-order valence-corrected chi connectivity index (χ1v) is 7.50. The molecule has 0 aliphatic rings. The summed E-state index contributed by atoms with van der Waals surface area (Å²) in [5.74, 6) is -0.279. The Morgan fingerprint density at radius 1 is 0.917 bits per heavy atom. The van der Waals surface area contributed by atoms with Crippen LogP contribution in [0.15, 0.2) is 42.5 Å². The molecule has 5 heteroatoms. The second-order valence-electron chi connectivity index (χ2n) is 5.32. The van der Waals surface area contributed by atoms with Crippen LogP contribution in [0.1, 0.15) is 33.2 Å². The molecule has 0 heterocycles. The average Bonchev–Trinajstić information content (AvgIpc) is 2.60. The van der Waals surface area contributed by atoms with Crippen LogP contribution >= 0.6 is 0 Å². The van der Waals surface area contributed by atoms with Crippen molar-refractivity contribution in [3.05, 3.63) is 59.2 Å². The number of aryl methyl sites for hydroxylation is 1. The molecule has 0 saturated carbocycles. The van der Waals surface area contributed by atoms with Gasteiger partial charge in [0.25, 0.3) is 0 Å². The van der Waals surface area contributed by atoms with Gasteiger partial charge in [-0.3, -0.25) is 4.79 Å². The van der Waals surface area contributed by atoms with Crippen LogP contribution in [0.5, 0.6) is 11.5 Å². The van der Waals surface area contributed by atoms with Gasteiger partial charge in [-0.2, -0.15) is 0 Å². The zero-order chi connectivity index (χ0) is 17.7. The molecule has 0 fully saturated rings. The first kappa shape index (κ1) is 17.5. The Bertz CT molecular complexity index is 712. The number of methoxy groups -OCH3 is 2. The number of ether oxygens (including phenoxy) is 3. The number of benzene rings is 2. The van der Waals surface area contributed by atoms with Crippen LogP contribution in [-0.4, -0.2) is 32.1 Å². The fourth-order valence-corrected chi connectivity index (χ4v) is 2.28. The lowest BCUT2D eigenvalue weighted by Crippen LogP contribution is -2.25. The molecule has 0 bridgehead atoms. The predicted octanol–water partition coefficient (Wildman–Crippen LogP) is 3.44. The fourth-order valence-electron chi connectivity index (χ4n) is 2.28. The number of hydrogen-bond donors (Lipinski definition) is 0. The molecule has 0 aliphatic carbocycles. The second-order valence-corrected chi connectivity index (χ2v) is 5.32. The van der Waals surface area contributed by atoms with Gasteiger partial charge < -0.3 is 14.2 Å². The molecule has 2 aromatic carbocycles. The molecule has 0 amide bonds. The second kappa shape index (κ2) is 7.64. The zero-order valence-electron chi connectivity index (χ0n) is 14.2. The van der Waals surface area contributed by atoms with E-state index < -0.39 is 12.1 Å². The van der Waals surface area contributed by atoms with Crippen LogP contribution in [0.2, 0.25) is 0 Å². The minimum atomic E-state index is -0.921. The third-order valence-corrected chi connectivity index (χ3v) is 3.62. The van der Waals surface area contributed by atoms with Crippen molar-refractivity contribution >= 4 is 11.8 Å². The van der Waals surface area contributed by atoms with Crippen LogP contribution in [-0.2, 0) is 4.74 Å². The summed E-state index contributed by atoms with van der Waals surface area (Å²) in [6, 6.07) is 12.1. The summed E-state index contributed by atoms with van der Waals surface area (Å²) in [7, 11) is 2.90. The number of esters is 1. The Morgan fingerprint density at radius 2 is 1.46 bits per heavy atom. The van der Waals surface area contributed by atoms with E-state index in [9.17, 15) is 9.59 Å². The standard InChI is InChI=1S/C19H20O5/c1-12-8-10-14(11-9-12)18(20)13(2)24-19(21)17-15(22-3)6-5-7-16(17)23-4/h5-11,13H,1-4H3/t13-/m0/s1. The molecule has 2 aromatic rings. The number of ketones is 1. The van der Waals surface area contributed by atoms with Crippen molar-refractivity contribution < 1.29 is 23.8 Å². The van der Waals surface area contributed by atoms with Gasteiger partial charge in [-0.25, -0.2) is 4.79 Å². The number of rotatable bonds is 6.